The third-order valence-corrected chi connectivity index (χ3v) is 3.51. The summed E-state index contributed by atoms with van der Waals surface area (Å²) >= 11 is 0. The quantitative estimate of drug-likeness (QED) is 0.848. The van der Waals surface area contributed by atoms with Crippen LogP contribution in [-0.2, 0) is 23.0 Å². The molecule has 2 heterocycles. The maximum Gasteiger partial charge on any atom is 0.220 e. The van der Waals surface area contributed by atoms with Gasteiger partial charge in [0.2, 0.25) is 5.91 Å². The van der Waals surface area contributed by atoms with E-state index in [1.54, 1.807) is 0 Å². The van der Waals surface area contributed by atoms with Crippen LogP contribution in [0.4, 0.5) is 0 Å². The van der Waals surface area contributed by atoms with E-state index in [2.05, 4.69) is 10.4 Å². The maximum atomic E-state index is 11.7. The molecule has 0 bridgehead atoms. The molecule has 1 fully saturated rings. The van der Waals surface area contributed by atoms with Crippen molar-refractivity contribution in [2.24, 2.45) is 7.05 Å². The number of rotatable bonds is 5. The lowest BCUT2D eigenvalue weighted by Gasteiger charge is -2.10. The Morgan fingerprint density at radius 2 is 2.50 bits per heavy atom. The molecule has 1 aliphatic rings. The van der Waals surface area contributed by atoms with Gasteiger partial charge in [0.25, 0.3) is 0 Å². The minimum Gasteiger partial charge on any atom is -0.376 e. The Morgan fingerprint density at radius 1 is 1.67 bits per heavy atom. The van der Waals surface area contributed by atoms with Crippen LogP contribution >= 0.6 is 0 Å². The summed E-state index contributed by atoms with van der Waals surface area (Å²) in [5, 5.41) is 7.10. The van der Waals surface area contributed by atoms with E-state index in [1.807, 2.05) is 24.9 Å². The molecule has 100 valence electrons. The number of hydrogen-bond acceptors (Lipinski definition) is 3. The topological polar surface area (TPSA) is 56.1 Å². The first-order valence-corrected chi connectivity index (χ1v) is 6.52. The Bertz CT molecular complexity index is 408. The van der Waals surface area contributed by atoms with Gasteiger partial charge in [0.05, 0.1) is 12.3 Å². The molecule has 18 heavy (non-hydrogen) atoms. The highest BCUT2D eigenvalue weighted by Crippen LogP contribution is 2.11. The number of aromatic nitrogens is 2. The van der Waals surface area contributed by atoms with E-state index in [-0.39, 0.29) is 12.0 Å². The van der Waals surface area contributed by atoms with E-state index >= 15 is 0 Å². The molecule has 0 saturated carbocycles. The lowest BCUT2D eigenvalue weighted by molar-refractivity contribution is -0.121. The van der Waals surface area contributed by atoms with Crippen molar-refractivity contribution in [3.05, 3.63) is 17.5 Å². The van der Waals surface area contributed by atoms with Gasteiger partial charge in [0.1, 0.15) is 0 Å². The first kappa shape index (κ1) is 13.1. The van der Waals surface area contributed by atoms with Crippen molar-refractivity contribution in [3.63, 3.8) is 0 Å². The Kier molecular flexibility index (Phi) is 4.36. The lowest BCUT2D eigenvalue weighted by Crippen LogP contribution is -2.31. The van der Waals surface area contributed by atoms with Crippen LogP contribution in [0.5, 0.6) is 0 Å². The van der Waals surface area contributed by atoms with Crippen molar-refractivity contribution in [1.29, 1.82) is 0 Å². The van der Waals surface area contributed by atoms with Crippen LogP contribution in [0.2, 0.25) is 0 Å². The Balaban J connectivity index is 1.69. The van der Waals surface area contributed by atoms with Gasteiger partial charge >= 0.3 is 0 Å². The van der Waals surface area contributed by atoms with Gasteiger partial charge in [-0.05, 0) is 31.7 Å². The van der Waals surface area contributed by atoms with E-state index in [1.165, 1.54) is 0 Å². The summed E-state index contributed by atoms with van der Waals surface area (Å²) < 4.78 is 7.29. The SMILES string of the molecule is Cc1c(CCC(=O)NC[C@H]2CCCO2)cnn1C. The standard InChI is InChI=1S/C13H21N3O2/c1-10-11(8-15-16(10)2)5-6-13(17)14-9-12-4-3-7-18-12/h8,12H,3-7,9H2,1-2H3,(H,14,17)/t12-/m1/s1. The van der Waals surface area contributed by atoms with Crippen LogP contribution in [0.3, 0.4) is 0 Å². The average molecular weight is 251 g/mol. The molecule has 1 saturated heterocycles. The third-order valence-electron chi connectivity index (χ3n) is 3.51. The summed E-state index contributed by atoms with van der Waals surface area (Å²) in [6.45, 7) is 3.49. The molecular formula is C13H21N3O2. The fourth-order valence-corrected chi connectivity index (χ4v) is 2.16. The zero-order chi connectivity index (χ0) is 13.0. The van der Waals surface area contributed by atoms with Crippen LogP contribution in [-0.4, -0.2) is 34.9 Å². The second kappa shape index (κ2) is 6.00. The van der Waals surface area contributed by atoms with Crippen LogP contribution in [0.1, 0.15) is 30.5 Å². The van der Waals surface area contributed by atoms with Gasteiger partial charge in [0.15, 0.2) is 0 Å². The van der Waals surface area contributed by atoms with Gasteiger partial charge < -0.3 is 10.1 Å². The zero-order valence-corrected chi connectivity index (χ0v) is 11.1. The molecular weight excluding hydrogens is 230 g/mol. The number of nitrogens with one attached hydrogen (secondary N) is 1. The molecule has 0 aliphatic carbocycles. The minimum atomic E-state index is 0.0914. The monoisotopic (exact) mass is 251 g/mol. The van der Waals surface area contributed by atoms with Crippen molar-refractivity contribution in [2.75, 3.05) is 13.2 Å². The molecule has 0 aromatic carbocycles. The molecule has 5 nitrogen and oxygen atoms in total. The number of aryl methyl sites for hydroxylation is 2. The predicted octanol–water partition coefficient (Wildman–Crippen LogP) is 0.956. The molecule has 1 aliphatic heterocycles. The lowest BCUT2D eigenvalue weighted by atomic mass is 10.1. The van der Waals surface area contributed by atoms with Crippen molar-refractivity contribution in [1.82, 2.24) is 15.1 Å². The molecule has 1 N–H and O–H groups in total. The molecule has 1 aromatic rings. The van der Waals surface area contributed by atoms with Gasteiger partial charge in [0, 0.05) is 32.3 Å². The summed E-state index contributed by atoms with van der Waals surface area (Å²) in [4.78, 5) is 11.7. The predicted molar refractivity (Wildman–Crippen MR) is 68.2 cm³/mol. The second-order valence-corrected chi connectivity index (χ2v) is 4.82. The van der Waals surface area contributed by atoms with Gasteiger partial charge in [-0.3, -0.25) is 9.48 Å². The summed E-state index contributed by atoms with van der Waals surface area (Å²) in [6.07, 6.45) is 5.48. The minimum absolute atomic E-state index is 0.0914. The fourth-order valence-electron chi connectivity index (χ4n) is 2.16. The van der Waals surface area contributed by atoms with Crippen LogP contribution in [0.25, 0.3) is 0 Å². The smallest absolute Gasteiger partial charge is 0.220 e. The molecule has 0 unspecified atom stereocenters. The fraction of sp³-hybridized carbons (Fsp3) is 0.692. The number of nitrogens with zero attached hydrogens (tertiary/aromatic N) is 2. The number of hydrogen-bond donors (Lipinski definition) is 1. The molecule has 0 spiro atoms. The summed E-state index contributed by atoms with van der Waals surface area (Å²) in [5.74, 6) is 0.0914. The van der Waals surface area contributed by atoms with E-state index in [4.69, 9.17) is 4.74 Å². The molecule has 5 heteroatoms. The van der Waals surface area contributed by atoms with Gasteiger partial charge in [-0.25, -0.2) is 0 Å². The summed E-state index contributed by atoms with van der Waals surface area (Å²) in [7, 11) is 1.91. The third kappa shape index (κ3) is 3.32. The number of carbonyl (C=O) groups is 1. The summed E-state index contributed by atoms with van der Waals surface area (Å²) in [5.41, 5.74) is 2.27. The normalized spacial score (nSPS) is 19.1. The van der Waals surface area contributed by atoms with E-state index < -0.39 is 0 Å². The Hall–Kier alpha value is -1.36. The number of amides is 1. The van der Waals surface area contributed by atoms with Crippen molar-refractivity contribution in [2.45, 2.75) is 38.7 Å². The van der Waals surface area contributed by atoms with Crippen molar-refractivity contribution in [3.8, 4) is 0 Å². The average Bonchev–Trinajstić information content (AvgIpc) is 2.97. The van der Waals surface area contributed by atoms with E-state index in [0.717, 1.165) is 37.1 Å². The maximum absolute atomic E-state index is 11.7. The first-order valence-electron chi connectivity index (χ1n) is 6.52. The molecule has 2 rings (SSSR count). The van der Waals surface area contributed by atoms with E-state index in [0.29, 0.717) is 13.0 Å². The molecule has 0 radical (unpaired) electrons. The second-order valence-electron chi connectivity index (χ2n) is 4.82. The highest BCUT2D eigenvalue weighted by molar-refractivity contribution is 5.76. The summed E-state index contributed by atoms with van der Waals surface area (Å²) in [6, 6.07) is 0. The Labute approximate surface area is 108 Å². The first-order chi connectivity index (χ1) is 8.66. The highest BCUT2D eigenvalue weighted by atomic mass is 16.5. The van der Waals surface area contributed by atoms with Crippen molar-refractivity contribution >= 4 is 5.91 Å². The highest BCUT2D eigenvalue weighted by Gasteiger charge is 2.16. The number of carbonyl (C=O) groups excluding carboxylic acids is 1. The zero-order valence-electron chi connectivity index (χ0n) is 11.1. The van der Waals surface area contributed by atoms with Gasteiger partial charge in [-0.1, -0.05) is 0 Å². The molecule has 1 atom stereocenters. The largest absolute Gasteiger partial charge is 0.376 e. The van der Waals surface area contributed by atoms with Gasteiger partial charge in [-0.2, -0.15) is 5.10 Å². The van der Waals surface area contributed by atoms with E-state index in [9.17, 15) is 4.79 Å². The Morgan fingerprint density at radius 3 is 3.11 bits per heavy atom. The number of ether oxygens (including phenoxy) is 1. The molecule has 1 aromatic heterocycles. The van der Waals surface area contributed by atoms with Crippen molar-refractivity contribution < 1.29 is 9.53 Å². The van der Waals surface area contributed by atoms with Crippen LogP contribution in [0.15, 0.2) is 6.20 Å². The van der Waals surface area contributed by atoms with Crippen LogP contribution < -0.4 is 5.32 Å². The van der Waals surface area contributed by atoms with Gasteiger partial charge in [-0.15, -0.1) is 0 Å². The molecule has 1 amide bonds. The van der Waals surface area contributed by atoms with Crippen LogP contribution in [0, 0.1) is 6.92 Å².